The van der Waals surface area contributed by atoms with Gasteiger partial charge in [-0.1, -0.05) is 20.8 Å². The minimum absolute atomic E-state index is 0.358. The van der Waals surface area contributed by atoms with Crippen molar-refractivity contribution in [3.63, 3.8) is 0 Å². The summed E-state index contributed by atoms with van der Waals surface area (Å²) >= 11 is 0. The third-order valence-electron chi connectivity index (χ3n) is 4.21. The van der Waals surface area contributed by atoms with Crippen LogP contribution in [-0.4, -0.2) is 65.1 Å². The first-order chi connectivity index (χ1) is 9.67. The van der Waals surface area contributed by atoms with Gasteiger partial charge in [0.05, 0.1) is 13.2 Å². The number of rotatable bonds is 14. The molecule has 0 bridgehead atoms. The van der Waals surface area contributed by atoms with Gasteiger partial charge in [-0.15, -0.1) is 0 Å². The van der Waals surface area contributed by atoms with Gasteiger partial charge < -0.3 is 14.8 Å². The van der Waals surface area contributed by atoms with Crippen LogP contribution in [0.15, 0.2) is 0 Å². The summed E-state index contributed by atoms with van der Waals surface area (Å²) < 4.78 is 10.5. The first kappa shape index (κ1) is 19.8. The van der Waals surface area contributed by atoms with E-state index in [9.17, 15) is 0 Å². The smallest absolute Gasteiger partial charge is 0.0589 e. The van der Waals surface area contributed by atoms with Crippen molar-refractivity contribution in [1.82, 2.24) is 10.2 Å². The van der Waals surface area contributed by atoms with Gasteiger partial charge in [0, 0.05) is 40.4 Å². The number of hydrogen-bond donors (Lipinski definition) is 1. The lowest BCUT2D eigenvalue weighted by Gasteiger charge is -2.37. The molecule has 0 aliphatic heterocycles. The van der Waals surface area contributed by atoms with Crippen LogP contribution in [0.2, 0.25) is 0 Å². The Hall–Kier alpha value is -0.160. The van der Waals surface area contributed by atoms with Crippen LogP contribution in [-0.2, 0) is 9.47 Å². The summed E-state index contributed by atoms with van der Waals surface area (Å²) in [4.78, 5) is 2.48. The molecule has 0 rings (SSSR count). The van der Waals surface area contributed by atoms with Gasteiger partial charge in [-0.2, -0.15) is 0 Å². The van der Waals surface area contributed by atoms with Crippen molar-refractivity contribution in [3.8, 4) is 0 Å². The molecular weight excluding hydrogens is 252 g/mol. The van der Waals surface area contributed by atoms with E-state index in [1.807, 2.05) is 0 Å². The van der Waals surface area contributed by atoms with E-state index in [4.69, 9.17) is 9.47 Å². The molecule has 1 N–H and O–H groups in total. The Morgan fingerprint density at radius 1 is 0.950 bits per heavy atom. The molecule has 0 amide bonds. The normalized spacial score (nSPS) is 12.3. The Kier molecular flexibility index (Phi) is 12.5. The predicted molar refractivity (Wildman–Crippen MR) is 86.4 cm³/mol. The maximum Gasteiger partial charge on any atom is 0.0589 e. The van der Waals surface area contributed by atoms with E-state index < -0.39 is 0 Å². The highest BCUT2D eigenvalue weighted by Gasteiger charge is 2.28. The molecule has 0 fully saturated rings. The largest absolute Gasteiger partial charge is 0.383 e. The fourth-order valence-corrected chi connectivity index (χ4v) is 2.49. The second-order valence-corrected chi connectivity index (χ2v) is 5.65. The molecule has 4 nitrogen and oxygen atoms in total. The second kappa shape index (κ2) is 12.6. The van der Waals surface area contributed by atoms with E-state index in [0.717, 1.165) is 45.9 Å². The van der Waals surface area contributed by atoms with Crippen LogP contribution in [0.4, 0.5) is 0 Å². The highest BCUT2D eigenvalue weighted by atomic mass is 16.5. The zero-order valence-electron chi connectivity index (χ0n) is 14.3. The van der Waals surface area contributed by atoms with Gasteiger partial charge in [-0.25, -0.2) is 0 Å². The van der Waals surface area contributed by atoms with Crippen LogP contribution >= 0.6 is 0 Å². The molecule has 0 aromatic carbocycles. The SMILES string of the molecule is CCCNCC(CC)(CC)CN(CCOC)CCOC. The quantitative estimate of drug-likeness (QED) is 0.498. The van der Waals surface area contributed by atoms with Crippen molar-refractivity contribution in [3.05, 3.63) is 0 Å². The Morgan fingerprint density at radius 3 is 1.90 bits per heavy atom. The molecule has 0 aromatic rings. The molecule has 0 aromatic heterocycles. The minimum Gasteiger partial charge on any atom is -0.383 e. The third kappa shape index (κ3) is 8.20. The van der Waals surface area contributed by atoms with Crippen molar-refractivity contribution in [2.45, 2.75) is 40.0 Å². The molecule has 122 valence electrons. The minimum atomic E-state index is 0.358. The van der Waals surface area contributed by atoms with Crippen molar-refractivity contribution in [2.75, 3.05) is 60.2 Å². The van der Waals surface area contributed by atoms with Crippen molar-refractivity contribution < 1.29 is 9.47 Å². The summed E-state index contributed by atoms with van der Waals surface area (Å²) in [6, 6.07) is 0. The highest BCUT2D eigenvalue weighted by molar-refractivity contribution is 4.83. The Labute approximate surface area is 126 Å². The maximum atomic E-state index is 5.23. The summed E-state index contributed by atoms with van der Waals surface area (Å²) in [5, 5.41) is 3.61. The lowest BCUT2D eigenvalue weighted by atomic mass is 9.81. The van der Waals surface area contributed by atoms with Crippen LogP contribution < -0.4 is 5.32 Å². The lowest BCUT2D eigenvalue weighted by molar-refractivity contribution is 0.0741. The summed E-state index contributed by atoms with van der Waals surface area (Å²) in [5.41, 5.74) is 0.358. The standard InChI is InChI=1S/C16H36N2O2/c1-6-9-17-14-16(7-2,8-3)15-18(10-12-19-4)11-13-20-5/h17H,6-15H2,1-5H3. The van der Waals surface area contributed by atoms with Gasteiger partial charge in [-0.05, 0) is 31.2 Å². The number of ether oxygens (including phenoxy) is 2. The average Bonchev–Trinajstić information content (AvgIpc) is 2.48. The molecule has 4 heteroatoms. The van der Waals surface area contributed by atoms with Crippen LogP contribution in [0.25, 0.3) is 0 Å². The van der Waals surface area contributed by atoms with Gasteiger partial charge in [0.15, 0.2) is 0 Å². The fourth-order valence-electron chi connectivity index (χ4n) is 2.49. The molecule has 0 radical (unpaired) electrons. The van der Waals surface area contributed by atoms with E-state index in [0.29, 0.717) is 5.41 Å². The molecule has 0 unspecified atom stereocenters. The second-order valence-electron chi connectivity index (χ2n) is 5.65. The molecular formula is C16H36N2O2. The Bertz CT molecular complexity index is 201. The van der Waals surface area contributed by atoms with Crippen molar-refractivity contribution >= 4 is 0 Å². The fraction of sp³-hybridized carbons (Fsp3) is 1.00. The summed E-state index contributed by atoms with van der Waals surface area (Å²) in [6.07, 6.45) is 3.61. The van der Waals surface area contributed by atoms with E-state index in [1.54, 1.807) is 14.2 Å². The maximum absolute atomic E-state index is 5.23. The van der Waals surface area contributed by atoms with Gasteiger partial charge in [-0.3, -0.25) is 4.90 Å². The monoisotopic (exact) mass is 288 g/mol. The Balaban J connectivity index is 4.51. The first-order valence-corrected chi connectivity index (χ1v) is 8.09. The van der Waals surface area contributed by atoms with E-state index >= 15 is 0 Å². The van der Waals surface area contributed by atoms with Crippen LogP contribution in [0, 0.1) is 5.41 Å². The molecule has 0 saturated carbocycles. The van der Waals surface area contributed by atoms with Crippen molar-refractivity contribution in [2.24, 2.45) is 5.41 Å². The third-order valence-corrected chi connectivity index (χ3v) is 4.21. The topological polar surface area (TPSA) is 33.7 Å². The van der Waals surface area contributed by atoms with Gasteiger partial charge in [0.25, 0.3) is 0 Å². The van der Waals surface area contributed by atoms with E-state index in [1.165, 1.54) is 19.3 Å². The molecule has 20 heavy (non-hydrogen) atoms. The molecule has 0 saturated heterocycles. The number of nitrogens with zero attached hydrogens (tertiary/aromatic N) is 1. The van der Waals surface area contributed by atoms with Crippen molar-refractivity contribution in [1.29, 1.82) is 0 Å². The summed E-state index contributed by atoms with van der Waals surface area (Å²) in [5.74, 6) is 0. The van der Waals surface area contributed by atoms with E-state index in [-0.39, 0.29) is 0 Å². The molecule has 0 heterocycles. The van der Waals surface area contributed by atoms with Crippen LogP contribution in [0.3, 0.4) is 0 Å². The predicted octanol–water partition coefficient (Wildman–Crippen LogP) is 2.39. The number of methoxy groups -OCH3 is 2. The summed E-state index contributed by atoms with van der Waals surface area (Å²) in [7, 11) is 3.54. The summed E-state index contributed by atoms with van der Waals surface area (Å²) in [6.45, 7) is 13.7. The van der Waals surface area contributed by atoms with E-state index in [2.05, 4.69) is 31.0 Å². The molecule has 0 spiro atoms. The van der Waals surface area contributed by atoms with Gasteiger partial charge >= 0.3 is 0 Å². The zero-order chi connectivity index (χ0) is 15.3. The number of nitrogens with one attached hydrogen (secondary N) is 1. The van der Waals surface area contributed by atoms with Crippen LogP contribution in [0.5, 0.6) is 0 Å². The number of hydrogen-bond acceptors (Lipinski definition) is 4. The average molecular weight is 288 g/mol. The lowest BCUT2D eigenvalue weighted by Crippen LogP contribution is -2.45. The van der Waals surface area contributed by atoms with Crippen LogP contribution in [0.1, 0.15) is 40.0 Å². The first-order valence-electron chi connectivity index (χ1n) is 8.09. The molecule has 0 atom stereocenters. The zero-order valence-corrected chi connectivity index (χ0v) is 14.3. The molecule has 0 aliphatic rings. The Morgan fingerprint density at radius 2 is 1.50 bits per heavy atom. The highest BCUT2D eigenvalue weighted by Crippen LogP contribution is 2.26. The van der Waals surface area contributed by atoms with Gasteiger partial charge in [0.2, 0.25) is 0 Å². The molecule has 0 aliphatic carbocycles. The van der Waals surface area contributed by atoms with Gasteiger partial charge in [0.1, 0.15) is 0 Å².